The Morgan fingerprint density at radius 3 is 2.71 bits per heavy atom. The summed E-state index contributed by atoms with van der Waals surface area (Å²) in [4.78, 5) is 15.6. The van der Waals surface area contributed by atoms with Gasteiger partial charge in [-0.15, -0.1) is 0 Å². The fourth-order valence-corrected chi connectivity index (χ4v) is 2.67. The molecule has 0 aliphatic rings. The third-order valence-electron chi connectivity index (χ3n) is 3.78. The van der Waals surface area contributed by atoms with E-state index in [0.29, 0.717) is 13.0 Å². The van der Waals surface area contributed by atoms with Crippen molar-refractivity contribution < 1.29 is 9.53 Å². The number of hydrogen-bond donors (Lipinski definition) is 1. The summed E-state index contributed by atoms with van der Waals surface area (Å²) in [5, 5.41) is 0.929. The highest BCUT2D eigenvalue weighted by molar-refractivity contribution is 6.09. The maximum atomic E-state index is 12.4. The smallest absolute Gasteiger partial charge is 0.165 e. The van der Waals surface area contributed by atoms with Crippen molar-refractivity contribution in [1.82, 2.24) is 4.98 Å². The first-order chi connectivity index (χ1) is 10.3. The summed E-state index contributed by atoms with van der Waals surface area (Å²) in [6, 6.07) is 5.86. The Morgan fingerprint density at radius 2 is 1.95 bits per heavy atom. The molecule has 0 unspecified atom stereocenters. The Labute approximate surface area is 126 Å². The van der Waals surface area contributed by atoms with Gasteiger partial charge in [-0.05, 0) is 25.5 Å². The summed E-state index contributed by atoms with van der Waals surface area (Å²) < 4.78 is 5.65. The zero-order valence-corrected chi connectivity index (χ0v) is 13.1. The summed E-state index contributed by atoms with van der Waals surface area (Å²) in [5.41, 5.74) is 1.74. The highest BCUT2D eigenvalue weighted by Crippen LogP contribution is 2.30. The van der Waals surface area contributed by atoms with Crippen LogP contribution in [0.3, 0.4) is 0 Å². The molecule has 1 heterocycles. The van der Waals surface area contributed by atoms with Crippen molar-refractivity contribution in [2.45, 2.75) is 52.4 Å². The molecule has 3 heteroatoms. The molecular weight excluding hydrogens is 262 g/mol. The predicted molar refractivity (Wildman–Crippen MR) is 87.2 cm³/mol. The number of aromatic amines is 1. The zero-order chi connectivity index (χ0) is 15.1. The number of rotatable bonds is 9. The normalized spacial score (nSPS) is 11.0. The van der Waals surface area contributed by atoms with Crippen LogP contribution < -0.4 is 4.74 Å². The lowest BCUT2D eigenvalue weighted by Gasteiger charge is -2.06. The highest BCUT2D eigenvalue weighted by atomic mass is 16.5. The first kappa shape index (κ1) is 15.6. The topological polar surface area (TPSA) is 42.1 Å². The minimum atomic E-state index is 0.213. The van der Waals surface area contributed by atoms with Crippen LogP contribution in [0.1, 0.15) is 62.7 Å². The molecule has 0 aliphatic heterocycles. The van der Waals surface area contributed by atoms with Gasteiger partial charge in [0.25, 0.3) is 0 Å². The number of unbranched alkanes of at least 4 members (excludes halogenated alkanes) is 4. The second-order valence-electron chi connectivity index (χ2n) is 5.40. The van der Waals surface area contributed by atoms with Gasteiger partial charge in [-0.2, -0.15) is 0 Å². The number of aromatic nitrogens is 1. The number of ether oxygens (including phenoxy) is 1. The van der Waals surface area contributed by atoms with E-state index in [1.165, 1.54) is 19.3 Å². The summed E-state index contributed by atoms with van der Waals surface area (Å²) >= 11 is 0. The fraction of sp³-hybridized carbons (Fsp3) is 0.500. The summed E-state index contributed by atoms with van der Waals surface area (Å²) in [6.07, 6.45) is 8.27. The van der Waals surface area contributed by atoms with Crippen molar-refractivity contribution in [3.8, 4) is 5.75 Å². The molecule has 0 aliphatic carbocycles. The SMILES string of the molecule is CCCCCCCC(=O)c1c[nH]c2cccc(OCC)c12. The van der Waals surface area contributed by atoms with E-state index in [0.717, 1.165) is 35.1 Å². The van der Waals surface area contributed by atoms with Crippen LogP contribution in [-0.4, -0.2) is 17.4 Å². The number of Topliss-reactive ketones (excluding diaryl/α,β-unsaturated/α-hetero) is 1. The van der Waals surface area contributed by atoms with E-state index >= 15 is 0 Å². The van der Waals surface area contributed by atoms with Crippen LogP contribution in [-0.2, 0) is 0 Å². The maximum absolute atomic E-state index is 12.4. The summed E-state index contributed by atoms with van der Waals surface area (Å²) in [7, 11) is 0. The van der Waals surface area contributed by atoms with E-state index in [-0.39, 0.29) is 5.78 Å². The molecule has 0 spiro atoms. The standard InChI is InChI=1S/C18H25NO2/c1-3-5-6-7-8-11-16(20)14-13-19-15-10-9-12-17(18(14)15)21-4-2/h9-10,12-13,19H,3-8,11H2,1-2H3. The molecule has 0 amide bonds. The van der Waals surface area contributed by atoms with Gasteiger partial charge in [0.05, 0.1) is 12.0 Å². The quantitative estimate of drug-likeness (QED) is 0.514. The summed E-state index contributed by atoms with van der Waals surface area (Å²) in [5.74, 6) is 1.01. The molecule has 114 valence electrons. The molecular formula is C18H25NO2. The van der Waals surface area contributed by atoms with Crippen molar-refractivity contribution >= 4 is 16.7 Å². The molecule has 1 N–H and O–H groups in total. The van der Waals surface area contributed by atoms with E-state index in [1.807, 2.05) is 31.3 Å². The Hall–Kier alpha value is -1.77. The van der Waals surface area contributed by atoms with E-state index in [4.69, 9.17) is 4.74 Å². The Kier molecular flexibility index (Phi) is 5.85. The van der Waals surface area contributed by atoms with Crippen LogP contribution in [0, 0.1) is 0 Å². The van der Waals surface area contributed by atoms with E-state index in [1.54, 1.807) is 0 Å². The number of carbonyl (C=O) groups excluding carboxylic acids is 1. The third kappa shape index (κ3) is 3.87. The van der Waals surface area contributed by atoms with Crippen LogP contribution >= 0.6 is 0 Å². The molecule has 0 saturated carbocycles. The van der Waals surface area contributed by atoms with Gasteiger partial charge >= 0.3 is 0 Å². The average Bonchev–Trinajstić information content (AvgIpc) is 2.92. The maximum Gasteiger partial charge on any atom is 0.165 e. The van der Waals surface area contributed by atoms with Crippen LogP contribution in [0.15, 0.2) is 24.4 Å². The number of H-pyrrole nitrogens is 1. The average molecular weight is 287 g/mol. The van der Waals surface area contributed by atoms with E-state index in [9.17, 15) is 4.79 Å². The van der Waals surface area contributed by atoms with Gasteiger partial charge in [-0.25, -0.2) is 0 Å². The van der Waals surface area contributed by atoms with Crippen LogP contribution in [0.5, 0.6) is 5.75 Å². The molecule has 0 radical (unpaired) electrons. The molecule has 21 heavy (non-hydrogen) atoms. The highest BCUT2D eigenvalue weighted by Gasteiger charge is 2.15. The zero-order valence-electron chi connectivity index (χ0n) is 13.1. The van der Waals surface area contributed by atoms with Gasteiger partial charge in [0.15, 0.2) is 5.78 Å². The Balaban J connectivity index is 2.08. The predicted octanol–water partition coefficient (Wildman–Crippen LogP) is 5.11. The first-order valence-electron chi connectivity index (χ1n) is 8.04. The van der Waals surface area contributed by atoms with Crippen molar-refractivity contribution in [2.24, 2.45) is 0 Å². The van der Waals surface area contributed by atoms with E-state index in [2.05, 4.69) is 11.9 Å². The van der Waals surface area contributed by atoms with Crippen LogP contribution in [0.25, 0.3) is 10.9 Å². The fourth-order valence-electron chi connectivity index (χ4n) is 2.67. The van der Waals surface area contributed by atoms with Crippen molar-refractivity contribution in [3.05, 3.63) is 30.0 Å². The lowest BCUT2D eigenvalue weighted by atomic mass is 10.0. The van der Waals surface area contributed by atoms with Crippen molar-refractivity contribution in [2.75, 3.05) is 6.61 Å². The Bertz CT molecular complexity index is 586. The van der Waals surface area contributed by atoms with Gasteiger partial charge in [0, 0.05) is 23.7 Å². The molecule has 1 aromatic carbocycles. The molecule has 0 saturated heterocycles. The van der Waals surface area contributed by atoms with Crippen molar-refractivity contribution in [3.63, 3.8) is 0 Å². The van der Waals surface area contributed by atoms with Gasteiger partial charge in [0.2, 0.25) is 0 Å². The number of ketones is 1. The lowest BCUT2D eigenvalue weighted by molar-refractivity contribution is 0.0980. The number of nitrogens with one attached hydrogen (secondary N) is 1. The van der Waals surface area contributed by atoms with Gasteiger partial charge < -0.3 is 9.72 Å². The first-order valence-corrected chi connectivity index (χ1v) is 8.04. The molecule has 0 bridgehead atoms. The van der Waals surface area contributed by atoms with Crippen LogP contribution in [0.4, 0.5) is 0 Å². The molecule has 2 rings (SSSR count). The monoisotopic (exact) mass is 287 g/mol. The number of benzene rings is 1. The number of carbonyl (C=O) groups is 1. The minimum absolute atomic E-state index is 0.213. The second kappa shape index (κ2) is 7.87. The second-order valence-corrected chi connectivity index (χ2v) is 5.40. The minimum Gasteiger partial charge on any atom is -0.493 e. The largest absolute Gasteiger partial charge is 0.493 e. The lowest BCUT2D eigenvalue weighted by Crippen LogP contribution is -1.99. The number of hydrogen-bond acceptors (Lipinski definition) is 2. The summed E-state index contributed by atoms with van der Waals surface area (Å²) in [6.45, 7) is 4.77. The van der Waals surface area contributed by atoms with Gasteiger partial charge in [0.1, 0.15) is 5.75 Å². The molecule has 2 aromatic rings. The molecule has 0 atom stereocenters. The van der Waals surface area contributed by atoms with E-state index < -0.39 is 0 Å². The Morgan fingerprint density at radius 1 is 1.14 bits per heavy atom. The molecule has 1 aromatic heterocycles. The molecule has 0 fully saturated rings. The van der Waals surface area contributed by atoms with Crippen LogP contribution in [0.2, 0.25) is 0 Å². The van der Waals surface area contributed by atoms with Crippen molar-refractivity contribution in [1.29, 1.82) is 0 Å². The number of fused-ring (bicyclic) bond motifs is 1. The van der Waals surface area contributed by atoms with Gasteiger partial charge in [-0.1, -0.05) is 38.7 Å². The third-order valence-corrected chi connectivity index (χ3v) is 3.78. The van der Waals surface area contributed by atoms with Gasteiger partial charge in [-0.3, -0.25) is 4.79 Å². The molecule has 3 nitrogen and oxygen atoms in total.